The van der Waals surface area contributed by atoms with Crippen LogP contribution in [-0.4, -0.2) is 11.9 Å². The average molecular weight is 326 g/mol. The minimum atomic E-state index is -1.13. The van der Waals surface area contributed by atoms with E-state index in [1.54, 1.807) is 48.6 Å². The summed E-state index contributed by atoms with van der Waals surface area (Å²) < 4.78 is 0. The van der Waals surface area contributed by atoms with Gasteiger partial charge in [-0.05, 0) is 25.0 Å². The van der Waals surface area contributed by atoms with Gasteiger partial charge in [0.25, 0.3) is 0 Å². The lowest BCUT2D eigenvalue weighted by Gasteiger charge is -1.97. The van der Waals surface area contributed by atoms with Crippen LogP contribution in [0.3, 0.4) is 0 Å². The van der Waals surface area contributed by atoms with Crippen LogP contribution >= 0.6 is 0 Å². The Balaban J connectivity index is 0. The fourth-order valence-electron chi connectivity index (χ4n) is 1.15. The van der Waals surface area contributed by atoms with Gasteiger partial charge < -0.3 is 19.8 Å². The maximum absolute atomic E-state index is 10.1. The van der Waals surface area contributed by atoms with Crippen molar-refractivity contribution in [3.63, 3.8) is 0 Å². The summed E-state index contributed by atoms with van der Waals surface area (Å²) in [4.78, 5) is 20.2. The van der Waals surface area contributed by atoms with Crippen LogP contribution < -0.4 is 10.2 Å². The first-order chi connectivity index (χ1) is 11.4. The van der Waals surface area contributed by atoms with Gasteiger partial charge in [-0.1, -0.05) is 72.8 Å². The van der Waals surface area contributed by atoms with E-state index >= 15 is 0 Å². The van der Waals surface area contributed by atoms with Gasteiger partial charge in [0.2, 0.25) is 0 Å². The van der Waals surface area contributed by atoms with Crippen LogP contribution in [0.25, 0.3) is 0 Å². The van der Waals surface area contributed by atoms with Crippen LogP contribution in [0.15, 0.2) is 86.0 Å². The second-order valence-corrected chi connectivity index (χ2v) is 4.12. The van der Waals surface area contributed by atoms with Crippen LogP contribution in [0.5, 0.6) is 0 Å². The Morgan fingerprint density at radius 1 is 0.708 bits per heavy atom. The maximum atomic E-state index is 10.1. The fourth-order valence-corrected chi connectivity index (χ4v) is 1.15. The largest absolute Gasteiger partial charge is 0.545 e. The molecule has 0 aliphatic carbocycles. The van der Waals surface area contributed by atoms with Crippen LogP contribution in [-0.2, 0) is 0 Å². The third-order valence-electron chi connectivity index (χ3n) is 2.02. The molecule has 0 radical (unpaired) electrons. The molecule has 0 aliphatic rings. The van der Waals surface area contributed by atoms with Crippen LogP contribution in [0.2, 0.25) is 0 Å². The van der Waals surface area contributed by atoms with Gasteiger partial charge in [0.1, 0.15) is 0 Å². The van der Waals surface area contributed by atoms with E-state index < -0.39 is 11.9 Å². The molecule has 2 aromatic carbocycles. The lowest BCUT2D eigenvalue weighted by molar-refractivity contribution is -0.256. The number of hydrogen-bond donors (Lipinski definition) is 0. The Morgan fingerprint density at radius 2 is 0.917 bits per heavy atom. The van der Waals surface area contributed by atoms with Crippen molar-refractivity contribution in [2.45, 2.75) is 13.8 Å². The van der Waals surface area contributed by atoms with E-state index in [4.69, 9.17) is 0 Å². The summed E-state index contributed by atoms with van der Waals surface area (Å²) >= 11 is 0. The highest BCUT2D eigenvalue weighted by Crippen LogP contribution is 1.95. The van der Waals surface area contributed by atoms with Crippen LogP contribution in [0.4, 0.5) is 0 Å². The second-order valence-electron chi connectivity index (χ2n) is 4.12. The second kappa shape index (κ2) is 16.2. The van der Waals surface area contributed by atoms with Crippen LogP contribution in [0.1, 0.15) is 34.6 Å². The molecule has 2 rings (SSSR count). The van der Waals surface area contributed by atoms with E-state index in [-0.39, 0.29) is 11.1 Å². The summed E-state index contributed by atoms with van der Waals surface area (Å²) in [5.41, 5.74) is 0.440. The molecule has 0 saturated carbocycles. The molecule has 0 aliphatic heterocycles. The number of carboxylic acid groups (broad SMARTS) is 2. The highest BCUT2D eigenvalue weighted by atomic mass is 16.4. The van der Waals surface area contributed by atoms with Crippen LogP contribution in [0, 0.1) is 0 Å². The Kier molecular flexibility index (Phi) is 15.6. The maximum Gasteiger partial charge on any atom is 0.0715 e. The first-order valence-electron chi connectivity index (χ1n) is 7.11. The molecule has 0 atom stereocenters. The molecule has 4 nitrogen and oxygen atoms in total. The molecule has 4 heteroatoms. The first kappa shape index (κ1) is 23.1. The Morgan fingerprint density at radius 3 is 1.04 bits per heavy atom. The van der Waals surface area contributed by atoms with Gasteiger partial charge in [-0.3, -0.25) is 0 Å². The minimum absolute atomic E-state index is 0.220. The molecule has 0 amide bonds. The van der Waals surface area contributed by atoms with Gasteiger partial charge in [0, 0.05) is 0 Å². The predicted molar refractivity (Wildman–Crippen MR) is 93.3 cm³/mol. The molecule has 0 unspecified atom stereocenters. The van der Waals surface area contributed by atoms with Gasteiger partial charge in [-0.25, -0.2) is 0 Å². The summed E-state index contributed by atoms with van der Waals surface area (Å²) in [5, 5.41) is 20.2. The third-order valence-corrected chi connectivity index (χ3v) is 2.02. The zero-order valence-electron chi connectivity index (χ0n) is 14.0. The van der Waals surface area contributed by atoms with Crippen molar-refractivity contribution in [1.82, 2.24) is 0 Å². The fraction of sp³-hybridized carbons (Fsp3) is 0.100. The summed E-state index contributed by atoms with van der Waals surface area (Å²) in [6, 6.07) is 16.1. The standard InChI is InChI=1S/2C7H6O2.2C3H6/c2*8-7(9)6-4-2-1-3-5-6;2*1-3-2/h2*1-5H,(H,8,9);2*3H,1H2,2H3/p-2. The van der Waals surface area contributed by atoms with Gasteiger partial charge in [-0.2, -0.15) is 0 Å². The topological polar surface area (TPSA) is 80.3 Å². The first-order valence-corrected chi connectivity index (χ1v) is 7.11. The summed E-state index contributed by atoms with van der Waals surface area (Å²) in [7, 11) is 0. The van der Waals surface area contributed by atoms with Crippen molar-refractivity contribution in [3.8, 4) is 0 Å². The quantitative estimate of drug-likeness (QED) is 0.794. The van der Waals surface area contributed by atoms with E-state index in [1.165, 1.54) is 24.3 Å². The van der Waals surface area contributed by atoms with E-state index in [0.717, 1.165) is 0 Å². The lowest BCUT2D eigenvalue weighted by Crippen LogP contribution is -2.21. The highest BCUT2D eigenvalue weighted by molar-refractivity contribution is 5.85. The SMILES string of the molecule is C=CC.C=CC.O=C([O-])c1ccccc1.O=C([O-])c1ccccc1. The average Bonchev–Trinajstić information content (AvgIpc) is 2.58. The zero-order chi connectivity index (χ0) is 18.8. The van der Waals surface area contributed by atoms with Crippen molar-refractivity contribution in [2.24, 2.45) is 0 Å². The number of hydrogen-bond acceptors (Lipinski definition) is 4. The van der Waals surface area contributed by atoms with Crippen molar-refractivity contribution >= 4 is 11.9 Å². The molecular formula is C20H22O4-2. The number of benzene rings is 2. The molecule has 0 saturated heterocycles. The molecule has 2 aromatic rings. The number of rotatable bonds is 2. The van der Waals surface area contributed by atoms with E-state index in [0.29, 0.717) is 0 Å². The van der Waals surface area contributed by atoms with Gasteiger partial charge >= 0.3 is 0 Å². The molecule has 24 heavy (non-hydrogen) atoms. The summed E-state index contributed by atoms with van der Waals surface area (Å²) in [6.45, 7) is 10.5. The number of carbonyl (C=O) groups is 2. The monoisotopic (exact) mass is 326 g/mol. The minimum Gasteiger partial charge on any atom is -0.545 e. The number of aromatic carboxylic acids is 2. The number of carboxylic acids is 2. The molecule has 0 bridgehead atoms. The van der Waals surface area contributed by atoms with Crippen molar-refractivity contribution in [1.29, 1.82) is 0 Å². The van der Waals surface area contributed by atoms with Gasteiger partial charge in [0.05, 0.1) is 11.9 Å². The molecular weight excluding hydrogens is 304 g/mol. The molecule has 0 fully saturated rings. The predicted octanol–water partition coefficient (Wildman–Crippen LogP) is 2.48. The number of allylic oxidation sites excluding steroid dienone is 2. The smallest absolute Gasteiger partial charge is 0.0715 e. The Hall–Kier alpha value is -3.14. The van der Waals surface area contributed by atoms with Gasteiger partial charge in [-0.15, -0.1) is 13.2 Å². The third kappa shape index (κ3) is 13.8. The van der Waals surface area contributed by atoms with Crippen molar-refractivity contribution in [3.05, 3.63) is 97.1 Å². The molecule has 128 valence electrons. The van der Waals surface area contributed by atoms with E-state index in [2.05, 4.69) is 13.2 Å². The Labute approximate surface area is 143 Å². The molecule has 0 heterocycles. The summed E-state index contributed by atoms with van der Waals surface area (Å²) in [6.07, 6.45) is 3.50. The van der Waals surface area contributed by atoms with Crippen molar-refractivity contribution < 1.29 is 19.8 Å². The molecule has 0 spiro atoms. The Bertz CT molecular complexity index is 534. The normalized spacial score (nSPS) is 7.75. The molecule has 0 N–H and O–H groups in total. The molecule has 0 aromatic heterocycles. The summed E-state index contributed by atoms with van der Waals surface area (Å²) in [5.74, 6) is -2.26. The number of carbonyl (C=O) groups excluding carboxylic acids is 2. The van der Waals surface area contributed by atoms with E-state index in [9.17, 15) is 19.8 Å². The zero-order valence-corrected chi connectivity index (χ0v) is 14.0. The lowest BCUT2D eigenvalue weighted by atomic mass is 10.2. The highest BCUT2D eigenvalue weighted by Gasteiger charge is 1.86. The van der Waals surface area contributed by atoms with E-state index in [1.807, 2.05) is 13.8 Å². The van der Waals surface area contributed by atoms with Gasteiger partial charge in [0.15, 0.2) is 0 Å². The van der Waals surface area contributed by atoms with Crippen molar-refractivity contribution in [2.75, 3.05) is 0 Å².